The molecule has 0 atom stereocenters. The van der Waals surface area contributed by atoms with Gasteiger partial charge in [-0.3, -0.25) is 10.1 Å². The van der Waals surface area contributed by atoms with Crippen LogP contribution < -0.4 is 0 Å². The zero-order chi connectivity index (χ0) is 19.6. The minimum Gasteiger partial charge on any atom is -0.506 e. The van der Waals surface area contributed by atoms with Crippen molar-refractivity contribution in [2.45, 2.75) is 0 Å². The van der Waals surface area contributed by atoms with Gasteiger partial charge in [0, 0.05) is 23.1 Å². The number of nitrogens with zero attached hydrogens (tertiary/aromatic N) is 3. The molecule has 27 heavy (non-hydrogen) atoms. The Morgan fingerprint density at radius 1 is 1.26 bits per heavy atom. The van der Waals surface area contributed by atoms with Gasteiger partial charge in [-0.1, -0.05) is 0 Å². The number of nitro groups is 1. The molecule has 0 saturated heterocycles. The minimum absolute atomic E-state index is 0.00953. The second-order valence-electron chi connectivity index (χ2n) is 5.34. The summed E-state index contributed by atoms with van der Waals surface area (Å²) in [7, 11) is 0. The van der Waals surface area contributed by atoms with E-state index in [4.69, 9.17) is 0 Å². The molecule has 0 unspecified atom stereocenters. The normalized spacial score (nSPS) is 11.2. The molecule has 0 fully saturated rings. The van der Waals surface area contributed by atoms with E-state index < -0.39 is 4.92 Å². The van der Waals surface area contributed by atoms with Crippen molar-refractivity contribution in [3.8, 4) is 23.1 Å². The number of phenols is 1. The lowest BCUT2D eigenvalue weighted by Crippen LogP contribution is -1.87. The number of nitriles is 1. The molecule has 9 heteroatoms. The summed E-state index contributed by atoms with van der Waals surface area (Å²) in [4.78, 5) is 14.8. The van der Waals surface area contributed by atoms with Crippen LogP contribution in [0.3, 0.4) is 0 Å². The van der Waals surface area contributed by atoms with Crippen molar-refractivity contribution in [2.24, 2.45) is 0 Å². The van der Waals surface area contributed by atoms with Crippen molar-refractivity contribution in [3.05, 3.63) is 71.4 Å². The summed E-state index contributed by atoms with van der Waals surface area (Å²) < 4.78 is 1.01. The fourth-order valence-electron chi connectivity index (χ4n) is 2.26. The first-order valence-electron chi connectivity index (χ1n) is 7.39. The second-order valence-corrected chi connectivity index (χ2v) is 7.91. The number of thiazole rings is 1. The Bertz CT molecular complexity index is 1080. The van der Waals surface area contributed by atoms with Gasteiger partial charge in [0.2, 0.25) is 0 Å². The van der Waals surface area contributed by atoms with Crippen LogP contribution in [0.4, 0.5) is 5.69 Å². The summed E-state index contributed by atoms with van der Waals surface area (Å²) in [5, 5.41) is 32.4. The molecule has 6 nitrogen and oxygen atoms in total. The van der Waals surface area contributed by atoms with Crippen LogP contribution in [-0.4, -0.2) is 15.0 Å². The summed E-state index contributed by atoms with van der Waals surface area (Å²) >= 11 is 7.83. The predicted molar refractivity (Wildman–Crippen MR) is 111 cm³/mol. The quantitative estimate of drug-likeness (QED) is 0.265. The number of aromatic nitrogens is 1. The highest BCUT2D eigenvalue weighted by Gasteiger charge is 2.12. The highest BCUT2D eigenvalue weighted by atomic mass is 79.9. The first-order chi connectivity index (χ1) is 12.9. The summed E-state index contributed by atoms with van der Waals surface area (Å²) in [6, 6.07) is 11.6. The van der Waals surface area contributed by atoms with E-state index in [2.05, 4.69) is 42.9 Å². The number of non-ortho nitro benzene ring substituents is 1. The summed E-state index contributed by atoms with van der Waals surface area (Å²) in [6.07, 6.45) is 1.67. The lowest BCUT2D eigenvalue weighted by molar-refractivity contribution is -0.384. The number of aromatic hydroxyl groups is 1. The molecule has 0 amide bonds. The fraction of sp³-hybridized carbons (Fsp3) is 0. The molecule has 1 N–H and O–H groups in total. The third-order valence-electron chi connectivity index (χ3n) is 3.58. The number of allylic oxidation sites excluding steroid dienone is 1. The van der Waals surface area contributed by atoms with Crippen molar-refractivity contribution in [1.82, 2.24) is 4.98 Å². The van der Waals surface area contributed by atoms with Crippen molar-refractivity contribution in [1.29, 1.82) is 5.26 Å². The van der Waals surface area contributed by atoms with E-state index in [1.807, 2.05) is 0 Å². The molecular weight excluding hydrogens is 498 g/mol. The van der Waals surface area contributed by atoms with Gasteiger partial charge in [0.05, 0.1) is 25.1 Å². The lowest BCUT2D eigenvalue weighted by Gasteiger charge is -2.03. The first-order valence-corrected chi connectivity index (χ1v) is 9.86. The van der Waals surface area contributed by atoms with Crippen molar-refractivity contribution in [3.63, 3.8) is 0 Å². The minimum atomic E-state index is -0.458. The average molecular weight is 507 g/mol. The number of phenolic OH excluding ortho intramolecular Hbond substituents is 1. The summed E-state index contributed by atoms with van der Waals surface area (Å²) in [6.45, 7) is 0. The predicted octanol–water partition coefficient (Wildman–Crippen LogP) is 6.01. The molecule has 1 aromatic heterocycles. The van der Waals surface area contributed by atoms with Crippen LogP contribution in [0.15, 0.2) is 50.7 Å². The highest BCUT2D eigenvalue weighted by Crippen LogP contribution is 2.35. The van der Waals surface area contributed by atoms with Crippen LogP contribution in [0.5, 0.6) is 5.75 Å². The van der Waals surface area contributed by atoms with Crippen molar-refractivity contribution >= 4 is 60.5 Å². The molecule has 1 heterocycles. The molecule has 2 aromatic carbocycles. The maximum Gasteiger partial charge on any atom is 0.269 e. The molecule has 0 saturated carbocycles. The molecule has 0 aliphatic heterocycles. The molecule has 0 bridgehead atoms. The standard InChI is InChI=1S/C18H9Br2N3O3S/c19-14-6-10(7-15(20)17(14)24)5-12(8-21)18-22-16(9-27-18)11-1-3-13(4-2-11)23(25)26/h1-7,9,24H/b12-5+. The van der Waals surface area contributed by atoms with Crippen molar-refractivity contribution < 1.29 is 10.0 Å². The molecular formula is C18H9Br2N3O3S. The number of nitro benzene ring substituents is 1. The SMILES string of the molecule is N#C/C(=C\c1cc(Br)c(O)c(Br)c1)c1nc(-c2ccc([N+](=O)[O-])cc2)cs1. The number of hydrogen-bond donors (Lipinski definition) is 1. The van der Waals surface area contributed by atoms with Crippen molar-refractivity contribution in [2.75, 3.05) is 0 Å². The summed E-state index contributed by atoms with van der Waals surface area (Å²) in [5.74, 6) is 0.0837. The van der Waals surface area contributed by atoms with Gasteiger partial charge in [-0.2, -0.15) is 5.26 Å². The van der Waals surface area contributed by atoms with Gasteiger partial charge in [-0.15, -0.1) is 11.3 Å². The smallest absolute Gasteiger partial charge is 0.269 e. The number of hydrogen-bond acceptors (Lipinski definition) is 6. The number of halogens is 2. The maximum atomic E-state index is 10.7. The number of benzene rings is 2. The van der Waals surface area contributed by atoms with Crippen LogP contribution in [0.1, 0.15) is 10.6 Å². The van der Waals surface area contributed by atoms with E-state index in [9.17, 15) is 20.5 Å². The zero-order valence-corrected chi connectivity index (χ0v) is 17.4. The van der Waals surface area contributed by atoms with E-state index in [1.54, 1.807) is 35.7 Å². The fourth-order valence-corrected chi connectivity index (χ4v) is 4.28. The molecule has 0 radical (unpaired) electrons. The first kappa shape index (κ1) is 19.2. The Kier molecular flexibility index (Phi) is 5.70. The number of rotatable bonds is 4. The van der Waals surface area contributed by atoms with Gasteiger partial charge in [0.15, 0.2) is 0 Å². The van der Waals surface area contributed by atoms with Crippen LogP contribution in [0.2, 0.25) is 0 Å². The van der Waals surface area contributed by atoms with Gasteiger partial charge in [-0.05, 0) is 67.8 Å². The molecule has 0 aliphatic rings. The van der Waals surface area contributed by atoms with Gasteiger partial charge in [-0.25, -0.2) is 4.98 Å². The maximum absolute atomic E-state index is 10.7. The Morgan fingerprint density at radius 3 is 2.44 bits per heavy atom. The molecule has 134 valence electrons. The average Bonchev–Trinajstić information content (AvgIpc) is 3.14. The third-order valence-corrected chi connectivity index (χ3v) is 5.66. The second kappa shape index (κ2) is 8.00. The van der Waals surface area contributed by atoms with Gasteiger partial charge >= 0.3 is 0 Å². The van der Waals surface area contributed by atoms with Gasteiger partial charge < -0.3 is 5.11 Å². The largest absolute Gasteiger partial charge is 0.506 e. The van der Waals surface area contributed by atoms with E-state index in [1.165, 1.54) is 23.5 Å². The molecule has 3 aromatic rings. The van der Waals surface area contributed by atoms with Crippen LogP contribution in [0, 0.1) is 21.4 Å². The van der Waals surface area contributed by atoms with Crippen LogP contribution in [0.25, 0.3) is 22.9 Å². The topological polar surface area (TPSA) is 100 Å². The highest BCUT2D eigenvalue weighted by molar-refractivity contribution is 9.11. The Hall–Kier alpha value is -2.54. The Morgan fingerprint density at radius 2 is 1.89 bits per heavy atom. The van der Waals surface area contributed by atoms with E-state index >= 15 is 0 Å². The Labute approximate surface area is 174 Å². The monoisotopic (exact) mass is 505 g/mol. The lowest BCUT2D eigenvalue weighted by atomic mass is 10.1. The van der Waals surface area contributed by atoms with E-state index in [0.717, 1.165) is 11.1 Å². The van der Waals surface area contributed by atoms with E-state index in [-0.39, 0.29) is 11.4 Å². The Balaban J connectivity index is 1.94. The molecule has 0 aliphatic carbocycles. The molecule has 0 spiro atoms. The third kappa shape index (κ3) is 4.24. The van der Waals surface area contributed by atoms with Gasteiger partial charge in [0.25, 0.3) is 5.69 Å². The zero-order valence-electron chi connectivity index (χ0n) is 13.4. The molecule has 3 rings (SSSR count). The van der Waals surface area contributed by atoms with Crippen LogP contribution >= 0.6 is 43.2 Å². The summed E-state index contributed by atoms with van der Waals surface area (Å²) in [5.41, 5.74) is 2.47. The van der Waals surface area contributed by atoms with Gasteiger partial charge in [0.1, 0.15) is 16.8 Å². The van der Waals surface area contributed by atoms with E-state index in [0.29, 0.717) is 25.2 Å². The van der Waals surface area contributed by atoms with Crippen LogP contribution in [-0.2, 0) is 0 Å².